The highest BCUT2D eigenvalue weighted by molar-refractivity contribution is 14.1. The zero-order valence-electron chi connectivity index (χ0n) is 12.9. The van der Waals surface area contributed by atoms with E-state index in [9.17, 15) is 21.6 Å². The van der Waals surface area contributed by atoms with Crippen LogP contribution in [-0.2, 0) is 24.8 Å². The number of hydrogen-bond acceptors (Lipinski definition) is 7. The van der Waals surface area contributed by atoms with Crippen molar-refractivity contribution < 1.29 is 26.4 Å². The van der Waals surface area contributed by atoms with E-state index in [2.05, 4.69) is 0 Å². The summed E-state index contributed by atoms with van der Waals surface area (Å²) in [6, 6.07) is 2.78. The minimum atomic E-state index is -4.05. The number of benzene rings is 1. The van der Waals surface area contributed by atoms with Gasteiger partial charge in [-0.2, -0.15) is 3.71 Å². The summed E-state index contributed by atoms with van der Waals surface area (Å²) in [6.07, 6.45) is 3.31. The van der Waals surface area contributed by atoms with Gasteiger partial charge < -0.3 is 4.74 Å². The zero-order valence-corrected chi connectivity index (χ0v) is 17.5. The Morgan fingerprint density at radius 2 is 1.74 bits per heavy atom. The Balaban J connectivity index is 3.65. The lowest BCUT2D eigenvalue weighted by Crippen LogP contribution is -2.36. The molecule has 7 nitrogen and oxygen atoms in total. The lowest BCUT2D eigenvalue weighted by molar-refractivity contribution is 0.0522. The molecule has 1 aromatic rings. The molecule has 0 spiro atoms. The van der Waals surface area contributed by atoms with Gasteiger partial charge in [-0.25, -0.2) is 21.6 Å². The van der Waals surface area contributed by atoms with E-state index < -0.39 is 26.0 Å². The molecule has 130 valence electrons. The second kappa shape index (κ2) is 7.57. The standard InChI is InChI=1S/C12H16INO6S3/c1-5-20-12(15)8-6-9(13)10(7-11(8)21-2)14(22(3,16)17)23(4,18)19/h6-7H,5H2,1-4H3. The monoisotopic (exact) mass is 493 g/mol. The summed E-state index contributed by atoms with van der Waals surface area (Å²) < 4.78 is 53.2. The Kier molecular flexibility index (Phi) is 6.75. The maximum absolute atomic E-state index is 12.0. The molecule has 0 heterocycles. The van der Waals surface area contributed by atoms with Gasteiger partial charge in [0.25, 0.3) is 0 Å². The maximum atomic E-state index is 12.0. The van der Waals surface area contributed by atoms with Crippen molar-refractivity contribution in [1.82, 2.24) is 0 Å². The number of nitrogens with zero attached hydrogens (tertiary/aromatic N) is 1. The van der Waals surface area contributed by atoms with Gasteiger partial charge >= 0.3 is 5.97 Å². The topological polar surface area (TPSA) is 97.8 Å². The average Bonchev–Trinajstić information content (AvgIpc) is 2.37. The average molecular weight is 493 g/mol. The Labute approximate surface area is 154 Å². The summed E-state index contributed by atoms with van der Waals surface area (Å²) in [4.78, 5) is 12.4. The largest absolute Gasteiger partial charge is 0.462 e. The summed E-state index contributed by atoms with van der Waals surface area (Å²) in [5.74, 6) is -0.549. The second-order valence-corrected chi connectivity index (χ2v) is 10.4. The second-order valence-electron chi connectivity index (χ2n) is 4.45. The SMILES string of the molecule is CCOC(=O)c1cc(I)c(N(S(C)(=O)=O)S(C)(=O)=O)cc1SC. The predicted octanol–water partition coefficient (Wildman–Crippen LogP) is 1.92. The molecular formula is C12H16INO6S3. The van der Waals surface area contributed by atoms with Crippen molar-refractivity contribution in [2.75, 3.05) is 29.1 Å². The fourth-order valence-corrected chi connectivity index (χ4v) is 6.43. The molecule has 0 bridgehead atoms. The fourth-order valence-electron chi connectivity index (χ4n) is 1.82. The molecule has 0 aliphatic carbocycles. The number of carbonyl (C=O) groups is 1. The summed E-state index contributed by atoms with van der Waals surface area (Å²) in [5.41, 5.74) is 0.238. The summed E-state index contributed by atoms with van der Waals surface area (Å²) >= 11 is 2.98. The fraction of sp³-hybridized carbons (Fsp3) is 0.417. The number of halogens is 1. The highest BCUT2D eigenvalue weighted by Gasteiger charge is 2.30. The number of rotatable bonds is 6. The quantitative estimate of drug-likeness (QED) is 0.339. The van der Waals surface area contributed by atoms with Crippen LogP contribution in [-0.4, -0.2) is 48.2 Å². The van der Waals surface area contributed by atoms with Crippen LogP contribution in [0.4, 0.5) is 5.69 Å². The van der Waals surface area contributed by atoms with Crippen LogP contribution < -0.4 is 3.71 Å². The van der Waals surface area contributed by atoms with Gasteiger partial charge in [0.05, 0.1) is 30.4 Å². The molecule has 1 aromatic carbocycles. The molecule has 11 heteroatoms. The zero-order chi connectivity index (χ0) is 18.0. The Morgan fingerprint density at radius 1 is 1.22 bits per heavy atom. The van der Waals surface area contributed by atoms with Crippen molar-refractivity contribution in [2.45, 2.75) is 11.8 Å². The highest BCUT2D eigenvalue weighted by Crippen LogP contribution is 2.34. The van der Waals surface area contributed by atoms with Crippen LogP contribution in [0.3, 0.4) is 0 Å². The van der Waals surface area contributed by atoms with Crippen molar-refractivity contribution >= 4 is 66.1 Å². The van der Waals surface area contributed by atoms with E-state index in [1.54, 1.807) is 35.8 Å². The highest BCUT2D eigenvalue weighted by atomic mass is 127. The molecule has 0 fully saturated rings. The number of hydrogen-bond donors (Lipinski definition) is 0. The molecule has 0 radical (unpaired) electrons. The molecular weight excluding hydrogens is 477 g/mol. The first kappa shape index (κ1) is 20.5. The van der Waals surface area contributed by atoms with Gasteiger partial charge in [-0.05, 0) is 47.9 Å². The van der Waals surface area contributed by atoms with Gasteiger partial charge in [-0.15, -0.1) is 11.8 Å². The molecule has 1 rings (SSSR count). The Bertz CT molecular complexity index is 787. The van der Waals surface area contributed by atoms with Crippen molar-refractivity contribution in [1.29, 1.82) is 0 Å². The minimum Gasteiger partial charge on any atom is -0.462 e. The van der Waals surface area contributed by atoms with Crippen LogP contribution >= 0.6 is 34.4 Å². The van der Waals surface area contributed by atoms with E-state index in [-0.39, 0.29) is 17.9 Å². The van der Waals surface area contributed by atoms with Crippen LogP contribution in [0.15, 0.2) is 17.0 Å². The third-order valence-corrected chi connectivity index (χ3v) is 7.43. The van der Waals surface area contributed by atoms with E-state index in [0.29, 0.717) is 12.2 Å². The van der Waals surface area contributed by atoms with Gasteiger partial charge in [-0.3, -0.25) is 0 Å². The third kappa shape index (κ3) is 4.97. The van der Waals surface area contributed by atoms with Gasteiger partial charge in [0.1, 0.15) is 0 Å². The van der Waals surface area contributed by atoms with Crippen LogP contribution in [0.2, 0.25) is 0 Å². The summed E-state index contributed by atoms with van der Waals surface area (Å²) in [7, 11) is -8.10. The van der Waals surface area contributed by atoms with Crippen molar-refractivity contribution in [3.8, 4) is 0 Å². The summed E-state index contributed by atoms with van der Waals surface area (Å²) in [5, 5.41) is 0. The van der Waals surface area contributed by atoms with E-state index in [4.69, 9.17) is 4.74 Å². The first-order valence-electron chi connectivity index (χ1n) is 6.18. The van der Waals surface area contributed by atoms with E-state index in [0.717, 1.165) is 12.5 Å². The molecule has 0 aromatic heterocycles. The smallest absolute Gasteiger partial charge is 0.339 e. The van der Waals surface area contributed by atoms with Gasteiger partial charge in [0, 0.05) is 8.47 Å². The van der Waals surface area contributed by atoms with E-state index >= 15 is 0 Å². The number of sulfonamides is 2. The normalized spacial score (nSPS) is 12.0. The number of ether oxygens (including phenoxy) is 1. The lowest BCUT2D eigenvalue weighted by atomic mass is 10.2. The van der Waals surface area contributed by atoms with Gasteiger partial charge in [-0.1, -0.05) is 0 Å². The molecule has 0 amide bonds. The molecule has 0 N–H and O–H groups in total. The van der Waals surface area contributed by atoms with Crippen molar-refractivity contribution in [3.05, 3.63) is 21.3 Å². The lowest BCUT2D eigenvalue weighted by Gasteiger charge is -2.22. The molecule has 0 saturated carbocycles. The molecule has 0 aliphatic rings. The van der Waals surface area contributed by atoms with E-state index in [1.165, 1.54) is 23.9 Å². The Hall–Kier alpha value is -0.530. The van der Waals surface area contributed by atoms with Crippen molar-refractivity contribution in [2.24, 2.45) is 0 Å². The van der Waals surface area contributed by atoms with Crippen LogP contribution in [0.5, 0.6) is 0 Å². The molecule has 0 aliphatic heterocycles. The first-order chi connectivity index (χ1) is 10.4. The molecule has 0 saturated heterocycles. The molecule has 0 unspecified atom stereocenters. The maximum Gasteiger partial charge on any atom is 0.339 e. The number of anilines is 1. The predicted molar refractivity (Wildman–Crippen MR) is 99.1 cm³/mol. The van der Waals surface area contributed by atoms with E-state index in [1.807, 2.05) is 0 Å². The first-order valence-corrected chi connectivity index (χ1v) is 12.2. The summed E-state index contributed by atoms with van der Waals surface area (Å²) in [6.45, 7) is 1.87. The molecule has 23 heavy (non-hydrogen) atoms. The van der Waals surface area contributed by atoms with Crippen LogP contribution in [0.25, 0.3) is 0 Å². The number of carbonyl (C=O) groups excluding carboxylic acids is 1. The number of thioether (sulfide) groups is 1. The molecule has 0 atom stereocenters. The number of esters is 1. The van der Waals surface area contributed by atoms with Gasteiger partial charge in [0.2, 0.25) is 20.0 Å². The Morgan fingerprint density at radius 3 is 2.13 bits per heavy atom. The van der Waals surface area contributed by atoms with Crippen molar-refractivity contribution in [3.63, 3.8) is 0 Å². The van der Waals surface area contributed by atoms with Crippen LogP contribution in [0.1, 0.15) is 17.3 Å². The van der Waals surface area contributed by atoms with Crippen LogP contribution in [0, 0.1) is 3.57 Å². The minimum absolute atomic E-state index is 0.0204. The van der Waals surface area contributed by atoms with Gasteiger partial charge in [0.15, 0.2) is 0 Å². The third-order valence-electron chi connectivity index (χ3n) is 2.56.